The molecule has 4 rings (SSSR count). The van der Waals surface area contributed by atoms with Crippen molar-refractivity contribution in [2.24, 2.45) is 11.1 Å². The van der Waals surface area contributed by atoms with E-state index in [4.69, 9.17) is 10.6 Å². The molecule has 164 valence electrons. The van der Waals surface area contributed by atoms with Crippen LogP contribution in [0.1, 0.15) is 48.3 Å². The van der Waals surface area contributed by atoms with Crippen molar-refractivity contribution in [1.82, 2.24) is 15.0 Å². The Morgan fingerprint density at radius 3 is 2.52 bits per heavy atom. The standard InChI is InChI=1S/C20H20F3N5O3/c1-20(7-13(8-20)27-18-15(23)16(17(24)29)25-9-26-18)19(30)28-14(2-3-31-28)10-4-11(21)6-12(22)5-10/h4-6,9,13-14H,2-3,7-8H2,1H3,(H2,24,29)(H,25,26,27)/t13?,14-,20?/m0/s1. The zero-order chi connectivity index (χ0) is 22.3. The van der Waals surface area contributed by atoms with E-state index >= 15 is 0 Å². The molecule has 8 nitrogen and oxygen atoms in total. The number of hydroxylamine groups is 2. The van der Waals surface area contributed by atoms with Gasteiger partial charge in [-0.2, -0.15) is 0 Å². The molecule has 1 saturated carbocycles. The molecule has 31 heavy (non-hydrogen) atoms. The van der Waals surface area contributed by atoms with Crippen molar-refractivity contribution in [2.45, 2.75) is 38.3 Å². The Balaban J connectivity index is 1.44. The molecule has 11 heteroatoms. The first-order chi connectivity index (χ1) is 14.7. The minimum Gasteiger partial charge on any atom is -0.365 e. The highest BCUT2D eigenvalue weighted by Crippen LogP contribution is 2.46. The van der Waals surface area contributed by atoms with Gasteiger partial charge in [0.05, 0.1) is 18.1 Å². The first kappa shape index (κ1) is 21.0. The maximum atomic E-state index is 14.3. The smallest absolute Gasteiger partial charge is 0.270 e. The van der Waals surface area contributed by atoms with Crippen LogP contribution in [0.5, 0.6) is 0 Å². The fourth-order valence-electron chi connectivity index (χ4n) is 4.15. The average Bonchev–Trinajstić information content (AvgIpc) is 3.16. The molecule has 0 bridgehead atoms. The number of nitrogens with zero attached hydrogens (tertiary/aromatic N) is 3. The number of halogens is 3. The molecule has 0 spiro atoms. The minimum absolute atomic E-state index is 0.172. The number of nitrogens with one attached hydrogen (secondary N) is 1. The van der Waals surface area contributed by atoms with E-state index in [-0.39, 0.29) is 24.4 Å². The zero-order valence-corrected chi connectivity index (χ0v) is 16.6. The van der Waals surface area contributed by atoms with Gasteiger partial charge < -0.3 is 11.1 Å². The van der Waals surface area contributed by atoms with E-state index in [2.05, 4.69) is 15.3 Å². The Hall–Kier alpha value is -3.21. The van der Waals surface area contributed by atoms with Crippen LogP contribution in [0.3, 0.4) is 0 Å². The third kappa shape index (κ3) is 3.92. The molecule has 1 aromatic heterocycles. The molecule has 2 heterocycles. The van der Waals surface area contributed by atoms with Crippen molar-refractivity contribution in [3.8, 4) is 0 Å². The maximum absolute atomic E-state index is 14.3. The van der Waals surface area contributed by atoms with Crippen LogP contribution in [0.2, 0.25) is 0 Å². The van der Waals surface area contributed by atoms with Gasteiger partial charge in [0.2, 0.25) is 0 Å². The summed E-state index contributed by atoms with van der Waals surface area (Å²) in [5.74, 6) is -3.91. The summed E-state index contributed by atoms with van der Waals surface area (Å²) in [6, 6.07) is 2.25. The molecule has 0 radical (unpaired) electrons. The molecule has 0 unspecified atom stereocenters. The lowest BCUT2D eigenvalue weighted by Gasteiger charge is -2.46. The first-order valence-electron chi connectivity index (χ1n) is 9.67. The van der Waals surface area contributed by atoms with Crippen LogP contribution in [0, 0.1) is 22.9 Å². The van der Waals surface area contributed by atoms with E-state index in [9.17, 15) is 22.8 Å². The summed E-state index contributed by atoms with van der Waals surface area (Å²) < 4.78 is 41.6. The van der Waals surface area contributed by atoms with Gasteiger partial charge in [0.1, 0.15) is 18.0 Å². The highest BCUT2D eigenvalue weighted by Gasteiger charge is 2.51. The Morgan fingerprint density at radius 1 is 1.19 bits per heavy atom. The number of hydrogen-bond donors (Lipinski definition) is 2. The second kappa shape index (κ2) is 7.80. The van der Waals surface area contributed by atoms with E-state index < -0.39 is 40.5 Å². The molecule has 1 aliphatic carbocycles. The molecule has 1 aromatic carbocycles. The van der Waals surface area contributed by atoms with Crippen LogP contribution in [0.15, 0.2) is 24.5 Å². The van der Waals surface area contributed by atoms with Crippen LogP contribution in [-0.2, 0) is 9.63 Å². The van der Waals surface area contributed by atoms with Gasteiger partial charge in [0.25, 0.3) is 11.8 Å². The van der Waals surface area contributed by atoms with Gasteiger partial charge in [-0.25, -0.2) is 28.2 Å². The first-order valence-corrected chi connectivity index (χ1v) is 9.67. The van der Waals surface area contributed by atoms with Gasteiger partial charge >= 0.3 is 0 Å². The number of nitrogens with two attached hydrogens (primary N) is 1. The van der Waals surface area contributed by atoms with Crippen LogP contribution in [-0.4, -0.2) is 39.5 Å². The largest absolute Gasteiger partial charge is 0.365 e. The highest BCUT2D eigenvalue weighted by molar-refractivity contribution is 5.91. The Morgan fingerprint density at radius 2 is 1.87 bits per heavy atom. The van der Waals surface area contributed by atoms with E-state index in [0.29, 0.717) is 24.8 Å². The minimum atomic E-state index is -1.01. The number of carbonyl (C=O) groups excluding carboxylic acids is 2. The Bertz CT molecular complexity index is 1020. The summed E-state index contributed by atoms with van der Waals surface area (Å²) in [4.78, 5) is 37.1. The Kier molecular flexibility index (Phi) is 5.29. The number of amides is 2. The van der Waals surface area contributed by atoms with Gasteiger partial charge in [-0.15, -0.1) is 0 Å². The fraction of sp³-hybridized carbons (Fsp3) is 0.400. The molecule has 1 saturated heterocycles. The summed E-state index contributed by atoms with van der Waals surface area (Å²) >= 11 is 0. The third-order valence-electron chi connectivity index (χ3n) is 5.65. The lowest BCUT2D eigenvalue weighted by Crippen LogP contribution is -2.53. The molecular formula is C20H20F3N5O3. The van der Waals surface area contributed by atoms with Gasteiger partial charge in [0, 0.05) is 18.5 Å². The summed E-state index contributed by atoms with van der Waals surface area (Å²) in [5.41, 5.74) is 4.07. The van der Waals surface area contributed by atoms with Crippen molar-refractivity contribution >= 4 is 17.6 Å². The Labute approximate surface area is 175 Å². The van der Waals surface area contributed by atoms with Crippen LogP contribution >= 0.6 is 0 Å². The molecule has 2 fully saturated rings. The van der Waals surface area contributed by atoms with Crippen molar-refractivity contribution in [3.63, 3.8) is 0 Å². The predicted molar refractivity (Wildman–Crippen MR) is 102 cm³/mol. The maximum Gasteiger partial charge on any atom is 0.270 e. The zero-order valence-electron chi connectivity index (χ0n) is 16.6. The predicted octanol–water partition coefficient (Wildman–Crippen LogP) is 2.48. The van der Waals surface area contributed by atoms with E-state index in [0.717, 1.165) is 12.4 Å². The monoisotopic (exact) mass is 435 g/mol. The second-order valence-corrected chi connectivity index (χ2v) is 8.03. The summed E-state index contributed by atoms with van der Waals surface area (Å²) in [5, 5.41) is 4.04. The summed E-state index contributed by atoms with van der Waals surface area (Å²) in [6.45, 7) is 1.98. The van der Waals surface area contributed by atoms with Crippen LogP contribution in [0.4, 0.5) is 19.0 Å². The molecule has 1 atom stereocenters. The van der Waals surface area contributed by atoms with Gasteiger partial charge in [-0.05, 0) is 30.5 Å². The number of benzene rings is 1. The number of aromatic nitrogens is 2. The molecule has 1 aliphatic heterocycles. The summed E-state index contributed by atoms with van der Waals surface area (Å²) in [7, 11) is 0. The SMILES string of the molecule is CC1(C(=O)N2OCC[C@H]2c2cc(F)cc(F)c2)CC(Nc2ncnc(C(N)=O)c2F)C1. The van der Waals surface area contributed by atoms with E-state index in [1.54, 1.807) is 6.92 Å². The van der Waals surface area contributed by atoms with Crippen LogP contribution in [0.25, 0.3) is 0 Å². The molecule has 3 N–H and O–H groups in total. The highest BCUT2D eigenvalue weighted by atomic mass is 19.1. The van der Waals surface area contributed by atoms with Crippen molar-refractivity contribution in [2.75, 3.05) is 11.9 Å². The topological polar surface area (TPSA) is 110 Å². The summed E-state index contributed by atoms with van der Waals surface area (Å²) in [6.07, 6.45) is 2.11. The number of primary amides is 1. The fourth-order valence-corrected chi connectivity index (χ4v) is 4.15. The number of anilines is 1. The van der Waals surface area contributed by atoms with Gasteiger partial charge in [-0.1, -0.05) is 6.92 Å². The van der Waals surface area contributed by atoms with Crippen LogP contribution < -0.4 is 11.1 Å². The van der Waals surface area contributed by atoms with Crippen molar-refractivity contribution < 1.29 is 27.6 Å². The second-order valence-electron chi connectivity index (χ2n) is 8.03. The third-order valence-corrected chi connectivity index (χ3v) is 5.65. The quantitative estimate of drug-likeness (QED) is 0.747. The van der Waals surface area contributed by atoms with E-state index in [1.807, 2.05) is 0 Å². The number of carbonyl (C=O) groups is 2. The normalized spacial score (nSPS) is 25.2. The molecule has 2 aliphatic rings. The molecular weight excluding hydrogens is 415 g/mol. The van der Waals surface area contributed by atoms with Gasteiger partial charge in [-0.3, -0.25) is 14.4 Å². The van der Waals surface area contributed by atoms with Gasteiger partial charge in [0.15, 0.2) is 17.3 Å². The van der Waals surface area contributed by atoms with Crippen molar-refractivity contribution in [1.29, 1.82) is 0 Å². The molecule has 2 aromatic rings. The number of rotatable bonds is 5. The van der Waals surface area contributed by atoms with E-state index in [1.165, 1.54) is 17.2 Å². The lowest BCUT2D eigenvalue weighted by atomic mass is 9.66. The number of hydrogen-bond acceptors (Lipinski definition) is 6. The lowest BCUT2D eigenvalue weighted by molar-refractivity contribution is -0.192. The van der Waals surface area contributed by atoms with Crippen molar-refractivity contribution in [3.05, 3.63) is 53.2 Å². The average molecular weight is 435 g/mol. The molecule has 2 amide bonds.